The quantitative estimate of drug-likeness (QED) is 0.750. The summed E-state index contributed by atoms with van der Waals surface area (Å²) < 4.78 is 1.66. The maximum atomic E-state index is 13.3. The van der Waals surface area contributed by atoms with Gasteiger partial charge in [-0.25, -0.2) is 9.97 Å². The van der Waals surface area contributed by atoms with E-state index in [4.69, 9.17) is 0 Å². The number of pyridine rings is 1. The van der Waals surface area contributed by atoms with Crippen molar-refractivity contribution >= 4 is 23.0 Å². The highest BCUT2D eigenvalue weighted by molar-refractivity contribution is 5.73. The first-order chi connectivity index (χ1) is 13.5. The van der Waals surface area contributed by atoms with Crippen molar-refractivity contribution in [2.75, 3.05) is 18.0 Å². The molecule has 2 aromatic heterocycles. The van der Waals surface area contributed by atoms with Crippen molar-refractivity contribution in [1.82, 2.24) is 14.5 Å². The van der Waals surface area contributed by atoms with E-state index in [-0.39, 0.29) is 11.5 Å². The third-order valence-electron chi connectivity index (χ3n) is 5.29. The number of carboxylic acids is 1. The molecule has 4 rings (SSSR count). The molecule has 1 aliphatic rings. The Morgan fingerprint density at radius 3 is 2.57 bits per heavy atom. The molecule has 0 amide bonds. The van der Waals surface area contributed by atoms with E-state index in [0.717, 1.165) is 11.1 Å². The molecule has 1 aliphatic heterocycles. The highest BCUT2D eigenvalue weighted by Crippen LogP contribution is 2.22. The van der Waals surface area contributed by atoms with Gasteiger partial charge in [-0.1, -0.05) is 29.8 Å². The molecule has 144 valence electrons. The Balaban J connectivity index is 1.74. The monoisotopic (exact) mass is 378 g/mol. The van der Waals surface area contributed by atoms with Gasteiger partial charge in [0.15, 0.2) is 11.5 Å². The average molecular weight is 378 g/mol. The predicted molar refractivity (Wildman–Crippen MR) is 107 cm³/mol. The summed E-state index contributed by atoms with van der Waals surface area (Å²) in [5.74, 6) is -0.753. The van der Waals surface area contributed by atoms with E-state index in [1.807, 2.05) is 42.2 Å². The van der Waals surface area contributed by atoms with E-state index in [1.54, 1.807) is 16.8 Å². The fraction of sp³-hybridized carbons (Fsp3) is 0.333. The maximum Gasteiger partial charge on any atom is 0.306 e. The minimum atomic E-state index is -0.771. The molecule has 1 saturated heterocycles. The summed E-state index contributed by atoms with van der Waals surface area (Å²) in [7, 11) is 0. The zero-order chi connectivity index (χ0) is 19.7. The van der Waals surface area contributed by atoms with Crippen molar-refractivity contribution in [2.24, 2.45) is 5.92 Å². The summed E-state index contributed by atoms with van der Waals surface area (Å²) in [6, 6.07) is 11.7. The molecule has 7 nitrogen and oxygen atoms in total. The molecule has 0 aliphatic carbocycles. The molecular formula is C21H22N4O3. The van der Waals surface area contributed by atoms with Gasteiger partial charge < -0.3 is 10.0 Å². The van der Waals surface area contributed by atoms with E-state index in [1.165, 1.54) is 0 Å². The largest absolute Gasteiger partial charge is 0.481 e. The summed E-state index contributed by atoms with van der Waals surface area (Å²) in [6.45, 7) is 3.46. The third-order valence-corrected chi connectivity index (χ3v) is 5.29. The highest BCUT2D eigenvalue weighted by atomic mass is 16.4. The smallest absolute Gasteiger partial charge is 0.306 e. The normalized spacial score (nSPS) is 15.1. The molecule has 0 spiro atoms. The lowest BCUT2D eigenvalue weighted by Crippen LogP contribution is -2.41. The van der Waals surface area contributed by atoms with Gasteiger partial charge in [0.05, 0.1) is 12.5 Å². The molecule has 3 heterocycles. The molecular weight excluding hydrogens is 356 g/mol. The maximum absolute atomic E-state index is 13.3. The summed E-state index contributed by atoms with van der Waals surface area (Å²) in [4.78, 5) is 35.3. The number of nitrogens with zero attached hydrogens (tertiary/aromatic N) is 4. The first kappa shape index (κ1) is 18.2. The van der Waals surface area contributed by atoms with E-state index in [2.05, 4.69) is 9.97 Å². The second-order valence-corrected chi connectivity index (χ2v) is 7.26. The van der Waals surface area contributed by atoms with Crippen LogP contribution >= 0.6 is 0 Å². The number of aryl methyl sites for hydroxylation is 1. The van der Waals surface area contributed by atoms with Gasteiger partial charge in [-0.05, 0) is 37.5 Å². The zero-order valence-electron chi connectivity index (χ0n) is 15.7. The van der Waals surface area contributed by atoms with Crippen molar-refractivity contribution in [2.45, 2.75) is 26.3 Å². The van der Waals surface area contributed by atoms with Gasteiger partial charge >= 0.3 is 5.97 Å². The average Bonchev–Trinajstić information content (AvgIpc) is 2.71. The first-order valence-electron chi connectivity index (χ1n) is 9.42. The second-order valence-electron chi connectivity index (χ2n) is 7.26. The van der Waals surface area contributed by atoms with Gasteiger partial charge in [-0.3, -0.25) is 14.2 Å². The summed E-state index contributed by atoms with van der Waals surface area (Å²) >= 11 is 0. The molecule has 0 bridgehead atoms. The lowest BCUT2D eigenvalue weighted by atomic mass is 9.97. The minimum Gasteiger partial charge on any atom is -0.481 e. The van der Waals surface area contributed by atoms with Gasteiger partial charge in [0.2, 0.25) is 0 Å². The molecule has 28 heavy (non-hydrogen) atoms. The van der Waals surface area contributed by atoms with E-state index in [9.17, 15) is 14.7 Å². The number of hydrogen-bond donors (Lipinski definition) is 1. The van der Waals surface area contributed by atoms with Crippen LogP contribution in [0.2, 0.25) is 0 Å². The fourth-order valence-corrected chi connectivity index (χ4v) is 3.63. The Bertz CT molecular complexity index is 1070. The Labute approximate surface area is 162 Å². The van der Waals surface area contributed by atoms with Crippen molar-refractivity contribution in [3.63, 3.8) is 0 Å². The number of benzene rings is 1. The van der Waals surface area contributed by atoms with Crippen molar-refractivity contribution in [3.05, 3.63) is 64.1 Å². The molecule has 0 radical (unpaired) electrons. The summed E-state index contributed by atoms with van der Waals surface area (Å²) in [5.41, 5.74) is 3.19. The van der Waals surface area contributed by atoms with Crippen LogP contribution < -0.4 is 10.5 Å². The van der Waals surface area contributed by atoms with Gasteiger partial charge in [-0.15, -0.1) is 0 Å². The van der Waals surface area contributed by atoms with Crippen LogP contribution in [0.5, 0.6) is 0 Å². The van der Waals surface area contributed by atoms with Crippen molar-refractivity contribution in [1.29, 1.82) is 0 Å². The molecule has 0 atom stereocenters. The molecule has 0 saturated carbocycles. The standard InChI is InChI=1S/C21H22N4O3/c1-14-4-6-15(7-5-14)13-25-18-17(3-2-10-22-18)23-19(20(25)26)24-11-8-16(9-12-24)21(27)28/h2-7,10,16H,8-9,11-13H2,1H3,(H,27,28). The summed E-state index contributed by atoms with van der Waals surface area (Å²) in [5, 5.41) is 9.21. The number of anilines is 1. The van der Waals surface area contributed by atoms with Crippen LogP contribution in [0, 0.1) is 12.8 Å². The van der Waals surface area contributed by atoms with E-state index < -0.39 is 5.97 Å². The number of aromatic nitrogens is 3. The number of rotatable bonds is 4. The van der Waals surface area contributed by atoms with Crippen LogP contribution in [0.25, 0.3) is 11.2 Å². The minimum absolute atomic E-state index is 0.194. The van der Waals surface area contributed by atoms with Crippen LogP contribution in [0.4, 0.5) is 5.82 Å². The van der Waals surface area contributed by atoms with Gasteiger partial charge in [0, 0.05) is 19.3 Å². The van der Waals surface area contributed by atoms with Crippen molar-refractivity contribution in [3.8, 4) is 0 Å². The van der Waals surface area contributed by atoms with Crippen molar-refractivity contribution < 1.29 is 9.90 Å². The van der Waals surface area contributed by atoms with Gasteiger partial charge in [-0.2, -0.15) is 0 Å². The second kappa shape index (κ2) is 7.42. The zero-order valence-corrected chi connectivity index (χ0v) is 15.7. The number of hydrogen-bond acceptors (Lipinski definition) is 5. The predicted octanol–water partition coefficient (Wildman–Crippen LogP) is 2.45. The lowest BCUT2D eigenvalue weighted by molar-refractivity contribution is -0.142. The first-order valence-corrected chi connectivity index (χ1v) is 9.42. The van der Waals surface area contributed by atoms with Crippen LogP contribution in [0.1, 0.15) is 24.0 Å². The molecule has 0 unspecified atom stereocenters. The number of carbonyl (C=O) groups is 1. The number of carboxylic acid groups (broad SMARTS) is 1. The third kappa shape index (κ3) is 3.47. The molecule has 7 heteroatoms. The Morgan fingerprint density at radius 2 is 1.89 bits per heavy atom. The van der Waals surface area contributed by atoms with Crippen LogP contribution in [-0.4, -0.2) is 38.7 Å². The van der Waals surface area contributed by atoms with Crippen LogP contribution in [0.3, 0.4) is 0 Å². The molecule has 1 fully saturated rings. The Hall–Kier alpha value is -3.22. The topological polar surface area (TPSA) is 88.3 Å². The number of fused-ring (bicyclic) bond motifs is 1. The Morgan fingerprint density at radius 1 is 1.18 bits per heavy atom. The highest BCUT2D eigenvalue weighted by Gasteiger charge is 2.27. The number of piperidine rings is 1. The van der Waals surface area contributed by atoms with Gasteiger partial charge in [0.1, 0.15) is 5.52 Å². The summed E-state index contributed by atoms with van der Waals surface area (Å²) in [6.07, 6.45) is 2.69. The Kier molecular flexibility index (Phi) is 4.81. The lowest BCUT2D eigenvalue weighted by Gasteiger charge is -2.30. The molecule has 1 aromatic carbocycles. The fourth-order valence-electron chi connectivity index (χ4n) is 3.63. The van der Waals surface area contributed by atoms with Gasteiger partial charge in [0.25, 0.3) is 5.56 Å². The SMILES string of the molecule is Cc1ccc(Cn2c(=O)c(N3CCC(C(=O)O)CC3)nc3cccnc32)cc1. The number of aliphatic carboxylic acids is 1. The molecule has 3 aromatic rings. The van der Waals surface area contributed by atoms with E-state index in [0.29, 0.717) is 49.5 Å². The van der Waals surface area contributed by atoms with Crippen LogP contribution in [-0.2, 0) is 11.3 Å². The van der Waals surface area contributed by atoms with Crippen LogP contribution in [0.15, 0.2) is 47.4 Å². The molecule has 1 N–H and O–H groups in total. The van der Waals surface area contributed by atoms with E-state index >= 15 is 0 Å².